The molecule has 2 aliphatic rings. The molecule has 6 rings (SSSR count). The highest BCUT2D eigenvalue weighted by molar-refractivity contribution is 5.74. The Balaban J connectivity index is 0.00000640. The van der Waals surface area contributed by atoms with Gasteiger partial charge >= 0.3 is 11.9 Å². The highest BCUT2D eigenvalue weighted by Gasteiger charge is 2.45. The van der Waals surface area contributed by atoms with Crippen LogP contribution < -0.4 is 72.2 Å². The van der Waals surface area contributed by atoms with Gasteiger partial charge in [0, 0.05) is 42.4 Å². The molecule has 428 valence electrons. The molecule has 16 nitrogen and oxygen atoms in total. The number of carboxylic acid groups (broad SMARTS) is 2. The fourth-order valence-corrected chi connectivity index (χ4v) is 12.2. The van der Waals surface area contributed by atoms with Crippen molar-refractivity contribution in [2.45, 2.75) is 102 Å². The number of carboxylic acids is 2. The number of methoxy groups -OCH3 is 10. The number of carbonyl (C=O) groups is 2. The second-order valence-corrected chi connectivity index (χ2v) is 20.7. The van der Waals surface area contributed by atoms with Crippen molar-refractivity contribution in [3.8, 4) is 57.5 Å². The summed E-state index contributed by atoms with van der Waals surface area (Å²) < 4.78 is 59.4. The minimum atomic E-state index is -0.998. The number of unbranched alkanes of at least 4 members (excludes halogenated alkanes) is 4. The summed E-state index contributed by atoms with van der Waals surface area (Å²) in [6, 6.07) is 16.2. The predicted octanol–water partition coefficient (Wildman–Crippen LogP) is 4.31. The molecule has 0 aromatic heterocycles. The Kier molecular flexibility index (Phi) is 23.9. The monoisotopic (exact) mass is 1110 g/mol. The number of benzene rings is 4. The van der Waals surface area contributed by atoms with E-state index in [-0.39, 0.29) is 43.3 Å². The van der Waals surface area contributed by atoms with Gasteiger partial charge in [0.1, 0.15) is 12.1 Å². The molecule has 0 radical (unpaired) electrons. The van der Waals surface area contributed by atoms with E-state index in [0.717, 1.165) is 80.4 Å². The molecule has 0 aliphatic carbocycles. The summed E-state index contributed by atoms with van der Waals surface area (Å²) in [6.07, 6.45) is 9.09. The van der Waals surface area contributed by atoms with Crippen LogP contribution in [0.5, 0.6) is 57.5 Å². The summed E-state index contributed by atoms with van der Waals surface area (Å²) in [5.74, 6) is 4.39. The van der Waals surface area contributed by atoms with Crippen LogP contribution in [0.3, 0.4) is 0 Å². The van der Waals surface area contributed by atoms with Crippen LogP contribution in [0.25, 0.3) is 0 Å². The first-order chi connectivity index (χ1) is 36.0. The fourth-order valence-electron chi connectivity index (χ4n) is 12.2. The number of hydrogen-bond acceptors (Lipinski definition) is 12. The van der Waals surface area contributed by atoms with Crippen LogP contribution in [0, 0.1) is 5.41 Å². The Morgan fingerprint density at radius 2 is 0.896 bits per heavy atom. The second kappa shape index (κ2) is 28.8. The molecule has 0 bridgehead atoms. The second-order valence-electron chi connectivity index (χ2n) is 20.7. The van der Waals surface area contributed by atoms with Gasteiger partial charge in [0.15, 0.2) is 46.0 Å². The number of likely N-dealkylation sites (N-methyl/N-ethyl adjacent to an activating group) is 2. The van der Waals surface area contributed by atoms with E-state index in [4.69, 9.17) is 47.4 Å². The van der Waals surface area contributed by atoms with Gasteiger partial charge in [-0.05, 0) is 104 Å². The Morgan fingerprint density at radius 1 is 0.494 bits per heavy atom. The van der Waals surface area contributed by atoms with Crippen molar-refractivity contribution >= 4 is 11.9 Å². The van der Waals surface area contributed by atoms with Gasteiger partial charge < -0.3 is 91.4 Å². The number of halogens is 2. The summed E-state index contributed by atoms with van der Waals surface area (Å²) in [5.41, 5.74) is 5.61. The Hall–Kier alpha value is -5.68. The number of rotatable bonds is 30. The number of aliphatic carboxylic acids is 2. The largest absolute Gasteiger partial charge is 1.00 e. The predicted molar refractivity (Wildman–Crippen MR) is 287 cm³/mol. The van der Waals surface area contributed by atoms with Crippen LogP contribution in [-0.4, -0.2) is 142 Å². The molecule has 4 aromatic carbocycles. The number of nitrogens with zero attached hydrogens (tertiary/aromatic N) is 2. The lowest BCUT2D eigenvalue weighted by molar-refractivity contribution is -0.941. The molecule has 2 aliphatic heterocycles. The highest BCUT2D eigenvalue weighted by atomic mass is 35.5. The molecular formula is C59H84Cl2N2O14. The molecule has 0 saturated heterocycles. The topological polar surface area (TPSA) is 167 Å². The van der Waals surface area contributed by atoms with Crippen molar-refractivity contribution in [3.05, 3.63) is 81.9 Å². The minimum Gasteiger partial charge on any atom is -1.00 e. The molecule has 0 amide bonds. The molecule has 2 N–H and O–H groups in total. The molecule has 18 heteroatoms. The Labute approximate surface area is 469 Å². The molecular weight excluding hydrogens is 1030 g/mol. The first-order valence-electron chi connectivity index (χ1n) is 26.3. The SMILES string of the molecule is COc1cc2c(cc1OC)[C@H](c1cc(OC)c(OC)c(OC)c1)[N@@+](C)(CCCC(CCCCCCCC(=O)O)(CCC[N@@+]1(C)CCc3cc(OC)c(OC)cc3[C@H]1Cc1cc(OC)c(OC)c(OC)c1)C(=O)O)CC2.[Cl-].[Cl-]. The zero-order chi connectivity index (χ0) is 54.5. The van der Waals surface area contributed by atoms with E-state index in [1.54, 1.807) is 71.1 Å². The summed E-state index contributed by atoms with van der Waals surface area (Å²) >= 11 is 0. The summed E-state index contributed by atoms with van der Waals surface area (Å²) in [4.78, 5) is 25.4. The number of fused-ring (bicyclic) bond motifs is 2. The molecule has 77 heavy (non-hydrogen) atoms. The molecule has 1 unspecified atom stereocenters. The van der Waals surface area contributed by atoms with Crippen LogP contribution in [0.1, 0.15) is 116 Å². The number of ether oxygens (including phenoxy) is 10. The fraction of sp³-hybridized carbons (Fsp3) is 0.559. The van der Waals surface area contributed by atoms with Gasteiger partial charge in [-0.1, -0.05) is 25.7 Å². The molecule has 2 heterocycles. The zero-order valence-corrected chi connectivity index (χ0v) is 49.0. The maximum Gasteiger partial charge on any atom is 0.309 e. The number of quaternary nitrogens is 2. The smallest absolute Gasteiger partial charge is 0.309 e. The highest BCUT2D eigenvalue weighted by Crippen LogP contribution is 2.50. The zero-order valence-electron chi connectivity index (χ0n) is 47.4. The van der Waals surface area contributed by atoms with E-state index >= 15 is 0 Å². The normalized spacial score (nSPS) is 19.1. The lowest BCUT2D eigenvalue weighted by atomic mass is 9.74. The van der Waals surface area contributed by atoms with E-state index in [0.29, 0.717) is 118 Å². The molecule has 0 fully saturated rings. The summed E-state index contributed by atoms with van der Waals surface area (Å²) in [6.45, 7) is 3.07. The van der Waals surface area contributed by atoms with Gasteiger partial charge in [-0.25, -0.2) is 0 Å². The first kappa shape index (κ1) is 63.8. The third-order valence-electron chi connectivity index (χ3n) is 16.4. The quantitative estimate of drug-likeness (QED) is 0.0561. The summed E-state index contributed by atoms with van der Waals surface area (Å²) in [7, 11) is 20.9. The summed E-state index contributed by atoms with van der Waals surface area (Å²) in [5, 5.41) is 20.8. The van der Waals surface area contributed by atoms with Crippen molar-refractivity contribution in [1.29, 1.82) is 0 Å². The average molecular weight is 1120 g/mol. The van der Waals surface area contributed by atoms with Crippen molar-refractivity contribution in [3.63, 3.8) is 0 Å². The average Bonchev–Trinajstić information content (AvgIpc) is 3.42. The first-order valence-corrected chi connectivity index (χ1v) is 26.3. The minimum absolute atomic E-state index is 0. The molecule has 0 spiro atoms. The molecule has 0 saturated carbocycles. The Bertz CT molecular complexity index is 2550. The van der Waals surface area contributed by atoms with Crippen LogP contribution >= 0.6 is 0 Å². The lowest BCUT2D eigenvalue weighted by Crippen LogP contribution is -3.00. The van der Waals surface area contributed by atoms with E-state index in [1.165, 1.54) is 11.1 Å². The maximum atomic E-state index is 14.1. The van der Waals surface area contributed by atoms with E-state index < -0.39 is 17.4 Å². The van der Waals surface area contributed by atoms with E-state index in [2.05, 4.69) is 38.4 Å². The van der Waals surface area contributed by atoms with Gasteiger partial charge in [-0.2, -0.15) is 0 Å². The standard InChI is InChI=1S/C59H82N2O14.2ClH/c1-60(28-21-40-33-46(66-3)48(68-5)37-43(40)45(60)30-39-31-50(70-7)56(74-11)51(32-39)71-8)26-18-24-59(58(64)65,23-17-15-13-14-16-20-54(62)63)25-19-27-61(2)29-22-41-34-47(67-4)49(69-6)38-44(41)55(61)42-35-52(72-9)57(75-12)53(36-42)73-10;;/h31-38,45,55H,13-30H2,1-12H3;2*1H/t45-,55+,59?,60+,61+;;/m1../s1. The van der Waals surface area contributed by atoms with Crippen molar-refractivity contribution < 1.29 is 101 Å². The molecule has 4 aromatic rings. The molecule has 5 atom stereocenters. The Morgan fingerprint density at radius 3 is 1.36 bits per heavy atom. The third-order valence-corrected chi connectivity index (χ3v) is 16.4. The van der Waals surface area contributed by atoms with Gasteiger partial charge in [0.2, 0.25) is 11.5 Å². The lowest BCUT2D eigenvalue weighted by Gasteiger charge is -2.47. The van der Waals surface area contributed by atoms with E-state index in [9.17, 15) is 19.8 Å². The van der Waals surface area contributed by atoms with Crippen LogP contribution in [0.2, 0.25) is 0 Å². The maximum absolute atomic E-state index is 14.1. The van der Waals surface area contributed by atoms with E-state index in [1.807, 2.05) is 24.3 Å². The van der Waals surface area contributed by atoms with Gasteiger partial charge in [0.25, 0.3) is 0 Å². The number of hydrogen-bond donors (Lipinski definition) is 2. The van der Waals surface area contributed by atoms with Crippen molar-refractivity contribution in [1.82, 2.24) is 0 Å². The van der Waals surface area contributed by atoms with Crippen molar-refractivity contribution in [2.24, 2.45) is 5.41 Å². The van der Waals surface area contributed by atoms with Gasteiger partial charge in [-0.15, -0.1) is 0 Å². The van der Waals surface area contributed by atoms with Crippen LogP contribution in [0.15, 0.2) is 48.5 Å². The van der Waals surface area contributed by atoms with Crippen molar-refractivity contribution in [2.75, 3.05) is 111 Å². The van der Waals surface area contributed by atoms with Gasteiger partial charge in [-0.3, -0.25) is 9.59 Å². The van der Waals surface area contributed by atoms with Gasteiger partial charge in [0.05, 0.1) is 117 Å². The van der Waals surface area contributed by atoms with Crippen LogP contribution in [-0.2, 0) is 28.9 Å². The van der Waals surface area contributed by atoms with Crippen LogP contribution in [0.4, 0.5) is 0 Å². The third kappa shape index (κ3) is 14.3.